The summed E-state index contributed by atoms with van der Waals surface area (Å²) < 4.78 is 39.5. The fourth-order valence-corrected chi connectivity index (χ4v) is 3.96. The molecule has 0 aliphatic heterocycles. The number of aromatic nitrogens is 3. The molecule has 3 aromatic rings. The van der Waals surface area contributed by atoms with E-state index in [-0.39, 0.29) is 24.4 Å². The number of rotatable bonds is 8. The maximum atomic E-state index is 12.6. The second kappa shape index (κ2) is 9.30. The minimum Gasteiger partial charge on any atom is -0.370 e. The Morgan fingerprint density at radius 1 is 1.17 bits per heavy atom. The van der Waals surface area contributed by atoms with Gasteiger partial charge in [-0.25, -0.2) is 0 Å². The average molecular weight is 455 g/mol. The third-order valence-electron chi connectivity index (χ3n) is 3.87. The zero-order valence-corrected chi connectivity index (χ0v) is 17.0. The van der Waals surface area contributed by atoms with Gasteiger partial charge in [0.05, 0.1) is 16.2 Å². The van der Waals surface area contributed by atoms with Crippen LogP contribution in [0.3, 0.4) is 0 Å². The molecule has 0 unspecified atom stereocenters. The summed E-state index contributed by atoms with van der Waals surface area (Å²) in [6, 6.07) is 7.90. The number of halogens is 3. The smallest absolute Gasteiger partial charge is 0.370 e. The number of hydrogen-bond donors (Lipinski definition) is 2. The zero-order chi connectivity index (χ0) is 21.7. The van der Waals surface area contributed by atoms with E-state index in [0.29, 0.717) is 11.0 Å². The van der Waals surface area contributed by atoms with Gasteiger partial charge in [-0.05, 0) is 35.7 Å². The number of nitrogens with one attached hydrogen (secondary N) is 1. The Hall–Kier alpha value is -2.86. The van der Waals surface area contributed by atoms with Gasteiger partial charge in [0.25, 0.3) is 0 Å². The van der Waals surface area contributed by atoms with Crippen LogP contribution in [0.2, 0.25) is 0 Å². The Bertz CT molecular complexity index is 1020. The number of carbonyl (C=O) groups is 2. The summed E-state index contributed by atoms with van der Waals surface area (Å²) in [5, 5.41) is 13.1. The van der Waals surface area contributed by atoms with Crippen molar-refractivity contribution >= 4 is 40.6 Å². The quantitative estimate of drug-likeness (QED) is 0.505. The highest BCUT2D eigenvalue weighted by Crippen LogP contribution is 2.30. The third kappa shape index (κ3) is 5.60. The second-order valence-electron chi connectivity index (χ2n) is 6.06. The first-order valence-electron chi connectivity index (χ1n) is 8.59. The number of alkyl halides is 3. The van der Waals surface area contributed by atoms with Crippen LogP contribution >= 0.6 is 23.1 Å². The number of benzene rings is 1. The lowest BCUT2D eigenvalue weighted by molar-refractivity contribution is -0.137. The maximum absolute atomic E-state index is 12.6. The number of primary amides is 1. The molecule has 0 radical (unpaired) electrons. The summed E-state index contributed by atoms with van der Waals surface area (Å²) in [5.74, 6) is -0.365. The van der Waals surface area contributed by atoms with E-state index >= 15 is 0 Å². The molecule has 12 heteroatoms. The maximum Gasteiger partial charge on any atom is 0.416 e. The lowest BCUT2D eigenvalue weighted by atomic mass is 10.2. The number of thiophene rings is 1. The SMILES string of the molecule is NC(=O)CCn1c(SCC(=O)Nc2ccc(C(F)(F)F)cc2)nnc1-c1cccs1. The monoisotopic (exact) mass is 455 g/mol. The summed E-state index contributed by atoms with van der Waals surface area (Å²) in [4.78, 5) is 24.2. The Morgan fingerprint density at radius 2 is 1.90 bits per heavy atom. The molecule has 2 amide bonds. The molecule has 2 heterocycles. The number of thioether (sulfide) groups is 1. The van der Waals surface area contributed by atoms with Crippen LogP contribution in [-0.2, 0) is 22.3 Å². The van der Waals surface area contributed by atoms with Gasteiger partial charge < -0.3 is 15.6 Å². The van der Waals surface area contributed by atoms with Gasteiger partial charge in [-0.3, -0.25) is 9.59 Å². The number of amides is 2. The number of hydrogen-bond acceptors (Lipinski definition) is 6. The Balaban J connectivity index is 1.66. The van der Waals surface area contributed by atoms with Gasteiger partial charge in [-0.15, -0.1) is 21.5 Å². The van der Waals surface area contributed by atoms with Crippen molar-refractivity contribution in [3.8, 4) is 10.7 Å². The van der Waals surface area contributed by atoms with Crippen molar-refractivity contribution in [1.29, 1.82) is 0 Å². The van der Waals surface area contributed by atoms with E-state index in [9.17, 15) is 22.8 Å². The molecule has 158 valence electrons. The fourth-order valence-electron chi connectivity index (χ4n) is 2.48. The van der Waals surface area contributed by atoms with Crippen molar-refractivity contribution in [3.05, 3.63) is 47.3 Å². The van der Waals surface area contributed by atoms with Crippen LogP contribution in [-0.4, -0.2) is 32.3 Å². The van der Waals surface area contributed by atoms with Crippen LogP contribution in [0.4, 0.5) is 18.9 Å². The molecule has 7 nitrogen and oxygen atoms in total. The summed E-state index contributed by atoms with van der Waals surface area (Å²) in [7, 11) is 0. The van der Waals surface area contributed by atoms with E-state index in [2.05, 4.69) is 15.5 Å². The Morgan fingerprint density at radius 3 is 2.50 bits per heavy atom. The summed E-state index contributed by atoms with van der Waals surface area (Å²) in [6.07, 6.45) is -4.35. The lowest BCUT2D eigenvalue weighted by Gasteiger charge is -2.10. The average Bonchev–Trinajstić information content (AvgIpc) is 3.34. The summed E-state index contributed by atoms with van der Waals surface area (Å²) in [5.41, 5.74) is 4.70. The van der Waals surface area contributed by atoms with Gasteiger partial charge in [-0.2, -0.15) is 13.2 Å². The molecule has 0 saturated carbocycles. The van der Waals surface area contributed by atoms with Gasteiger partial charge in [0.1, 0.15) is 0 Å². The molecule has 0 aliphatic rings. The summed E-state index contributed by atoms with van der Waals surface area (Å²) >= 11 is 2.56. The molecular weight excluding hydrogens is 439 g/mol. The highest BCUT2D eigenvalue weighted by atomic mass is 32.2. The van der Waals surface area contributed by atoms with Gasteiger partial charge in [0.2, 0.25) is 11.8 Å². The molecule has 3 N–H and O–H groups in total. The van der Waals surface area contributed by atoms with E-state index in [0.717, 1.165) is 28.8 Å². The first-order valence-corrected chi connectivity index (χ1v) is 10.5. The molecule has 0 spiro atoms. The van der Waals surface area contributed by atoms with Gasteiger partial charge in [-0.1, -0.05) is 17.8 Å². The van der Waals surface area contributed by atoms with Crippen molar-refractivity contribution in [2.24, 2.45) is 5.73 Å². The minimum atomic E-state index is -4.44. The van der Waals surface area contributed by atoms with Crippen LogP contribution in [0.1, 0.15) is 12.0 Å². The Labute approximate surface area is 177 Å². The largest absolute Gasteiger partial charge is 0.416 e. The fraction of sp³-hybridized carbons (Fsp3) is 0.222. The zero-order valence-electron chi connectivity index (χ0n) is 15.3. The molecule has 1 aromatic carbocycles. The predicted molar refractivity (Wildman–Crippen MR) is 108 cm³/mol. The standard InChI is InChI=1S/C18H16F3N5O2S2/c19-18(20,21)11-3-5-12(6-4-11)23-15(28)10-30-17-25-24-16(13-2-1-9-29-13)26(17)8-7-14(22)27/h1-6,9H,7-8,10H2,(H2,22,27)(H,23,28). The lowest BCUT2D eigenvalue weighted by Crippen LogP contribution is -2.16. The van der Waals surface area contributed by atoms with Crippen molar-refractivity contribution < 1.29 is 22.8 Å². The van der Waals surface area contributed by atoms with Gasteiger partial charge in [0, 0.05) is 18.7 Å². The van der Waals surface area contributed by atoms with E-state index < -0.39 is 23.6 Å². The molecule has 0 saturated heterocycles. The van der Waals surface area contributed by atoms with E-state index in [4.69, 9.17) is 5.73 Å². The van der Waals surface area contributed by atoms with Crippen LogP contribution in [0.25, 0.3) is 10.7 Å². The normalized spacial score (nSPS) is 11.4. The molecule has 30 heavy (non-hydrogen) atoms. The van der Waals surface area contributed by atoms with E-state index in [1.54, 1.807) is 4.57 Å². The highest BCUT2D eigenvalue weighted by Gasteiger charge is 2.30. The molecule has 0 bridgehead atoms. The van der Waals surface area contributed by atoms with E-state index in [1.165, 1.54) is 23.5 Å². The van der Waals surface area contributed by atoms with E-state index in [1.807, 2.05) is 17.5 Å². The molecule has 2 aromatic heterocycles. The van der Waals surface area contributed by atoms with Gasteiger partial charge in [0.15, 0.2) is 11.0 Å². The van der Waals surface area contributed by atoms with Crippen molar-refractivity contribution in [1.82, 2.24) is 14.8 Å². The molecule has 0 atom stereocenters. The number of nitrogens with zero attached hydrogens (tertiary/aromatic N) is 3. The number of carbonyl (C=O) groups excluding carboxylic acids is 2. The van der Waals surface area contributed by atoms with Crippen LogP contribution in [0.15, 0.2) is 46.9 Å². The number of nitrogens with two attached hydrogens (primary N) is 1. The topological polar surface area (TPSA) is 103 Å². The van der Waals surface area contributed by atoms with Crippen molar-refractivity contribution in [2.45, 2.75) is 24.3 Å². The van der Waals surface area contributed by atoms with Gasteiger partial charge >= 0.3 is 6.18 Å². The first-order chi connectivity index (χ1) is 14.2. The summed E-state index contributed by atoms with van der Waals surface area (Å²) in [6.45, 7) is 0.262. The van der Waals surface area contributed by atoms with Crippen molar-refractivity contribution in [3.63, 3.8) is 0 Å². The highest BCUT2D eigenvalue weighted by molar-refractivity contribution is 7.99. The first kappa shape index (κ1) is 21.8. The molecule has 0 aliphatic carbocycles. The molecule has 0 fully saturated rings. The van der Waals surface area contributed by atoms with Crippen LogP contribution < -0.4 is 11.1 Å². The molecular formula is C18H16F3N5O2S2. The predicted octanol–water partition coefficient (Wildman–Crippen LogP) is 3.63. The number of anilines is 1. The van der Waals surface area contributed by atoms with Crippen LogP contribution in [0, 0.1) is 0 Å². The van der Waals surface area contributed by atoms with Crippen LogP contribution in [0.5, 0.6) is 0 Å². The van der Waals surface area contributed by atoms with Crippen molar-refractivity contribution in [2.75, 3.05) is 11.1 Å². The third-order valence-corrected chi connectivity index (χ3v) is 5.70. The Kier molecular flexibility index (Phi) is 6.77. The minimum absolute atomic E-state index is 0.0415. The molecule has 3 rings (SSSR count). The second-order valence-corrected chi connectivity index (χ2v) is 7.95.